The minimum Gasteiger partial charge on any atom is -0.354 e. The lowest BCUT2D eigenvalue weighted by molar-refractivity contribution is 0.245. The Balaban J connectivity index is 1.22. The summed E-state index contributed by atoms with van der Waals surface area (Å²) in [6, 6.07) is 16.1. The van der Waals surface area contributed by atoms with Gasteiger partial charge in [0, 0.05) is 37.2 Å². The van der Waals surface area contributed by atoms with Gasteiger partial charge in [0.2, 0.25) is 0 Å². The minimum absolute atomic E-state index is 0.796. The normalized spacial score (nSPS) is 15.4. The first-order chi connectivity index (χ1) is 13.8. The van der Waals surface area contributed by atoms with E-state index in [-0.39, 0.29) is 0 Å². The molecule has 0 radical (unpaired) electrons. The Morgan fingerprint density at radius 1 is 0.964 bits per heavy atom. The molecule has 0 saturated carbocycles. The molecule has 2 aromatic heterocycles. The summed E-state index contributed by atoms with van der Waals surface area (Å²) >= 11 is 3.46. The van der Waals surface area contributed by atoms with Crippen LogP contribution < -0.4 is 4.90 Å². The van der Waals surface area contributed by atoms with Crippen molar-refractivity contribution in [3.05, 3.63) is 64.9 Å². The third kappa shape index (κ3) is 3.41. The third-order valence-corrected chi connectivity index (χ3v) is 5.58. The number of nitrogens with zero attached hydrogens (tertiary/aromatic N) is 6. The molecule has 0 atom stereocenters. The predicted octanol–water partition coefficient (Wildman–Crippen LogP) is 3.49. The fourth-order valence-electron chi connectivity index (χ4n) is 3.54. The first-order valence-corrected chi connectivity index (χ1v) is 10.0. The van der Waals surface area contributed by atoms with Crippen molar-refractivity contribution < 1.29 is 4.52 Å². The average molecular weight is 439 g/mol. The summed E-state index contributed by atoms with van der Waals surface area (Å²) in [5.41, 5.74) is 2.82. The van der Waals surface area contributed by atoms with Gasteiger partial charge in [-0.1, -0.05) is 38.4 Å². The Kier molecular flexibility index (Phi) is 4.58. The second-order valence-corrected chi connectivity index (χ2v) is 7.81. The molecule has 3 heterocycles. The van der Waals surface area contributed by atoms with Crippen molar-refractivity contribution in [2.75, 3.05) is 31.1 Å². The molecule has 7 nitrogen and oxygen atoms in total. The van der Waals surface area contributed by atoms with Crippen molar-refractivity contribution in [2.45, 2.75) is 6.54 Å². The number of rotatable bonds is 4. The van der Waals surface area contributed by atoms with Crippen LogP contribution in [0.25, 0.3) is 16.7 Å². The Morgan fingerprint density at radius 2 is 1.75 bits per heavy atom. The summed E-state index contributed by atoms with van der Waals surface area (Å²) in [4.78, 5) is 4.69. The number of aromatic nitrogens is 4. The van der Waals surface area contributed by atoms with Gasteiger partial charge >= 0.3 is 0 Å². The quantitative estimate of drug-likeness (QED) is 0.485. The maximum Gasteiger partial charge on any atom is 0.180 e. The van der Waals surface area contributed by atoms with Crippen molar-refractivity contribution >= 4 is 32.7 Å². The molecule has 0 N–H and O–H groups in total. The van der Waals surface area contributed by atoms with Gasteiger partial charge in [-0.2, -0.15) is 0 Å². The highest BCUT2D eigenvalue weighted by Gasteiger charge is 2.22. The fourth-order valence-corrected chi connectivity index (χ4v) is 3.80. The number of anilines is 1. The first kappa shape index (κ1) is 17.4. The number of fused-ring (bicyclic) bond motifs is 1. The van der Waals surface area contributed by atoms with E-state index in [0.717, 1.165) is 65.4 Å². The van der Waals surface area contributed by atoms with Crippen LogP contribution in [0.5, 0.6) is 0 Å². The third-order valence-electron chi connectivity index (χ3n) is 5.05. The summed E-state index contributed by atoms with van der Waals surface area (Å²) in [5, 5.41) is 14.0. The molecule has 4 aromatic rings. The van der Waals surface area contributed by atoms with Crippen LogP contribution in [0.3, 0.4) is 0 Å². The van der Waals surface area contributed by atoms with Crippen LogP contribution >= 0.6 is 15.9 Å². The van der Waals surface area contributed by atoms with Gasteiger partial charge in [0.25, 0.3) is 0 Å². The molecular weight excluding hydrogens is 420 g/mol. The highest BCUT2D eigenvalue weighted by Crippen LogP contribution is 2.26. The predicted molar refractivity (Wildman–Crippen MR) is 111 cm³/mol. The van der Waals surface area contributed by atoms with Gasteiger partial charge in [0.15, 0.2) is 11.4 Å². The van der Waals surface area contributed by atoms with Gasteiger partial charge < -0.3 is 9.42 Å². The van der Waals surface area contributed by atoms with Crippen LogP contribution in [0, 0.1) is 0 Å². The van der Waals surface area contributed by atoms with E-state index in [4.69, 9.17) is 4.52 Å². The Bertz CT molecular complexity index is 1080. The molecule has 1 aliphatic rings. The zero-order valence-corrected chi connectivity index (χ0v) is 16.8. The zero-order valence-electron chi connectivity index (χ0n) is 15.2. The van der Waals surface area contributed by atoms with Crippen LogP contribution in [0.15, 0.2) is 63.7 Å². The van der Waals surface area contributed by atoms with Gasteiger partial charge in [0.1, 0.15) is 0 Å². The lowest BCUT2D eigenvalue weighted by atomic mass is 10.2. The van der Waals surface area contributed by atoms with Crippen molar-refractivity contribution in [1.82, 2.24) is 25.1 Å². The van der Waals surface area contributed by atoms with Crippen LogP contribution in [-0.4, -0.2) is 51.2 Å². The van der Waals surface area contributed by atoms with E-state index < -0.39 is 0 Å². The standard InChI is InChI=1S/C20H19BrN6O/c21-15-5-7-17(8-6-15)27-14-16(22-24-27)13-25-9-11-26(12-10-25)20-18-3-1-2-4-19(18)28-23-20/h1-8,14H,9-13H2. The summed E-state index contributed by atoms with van der Waals surface area (Å²) < 4.78 is 8.32. The number of para-hydroxylation sites is 1. The largest absolute Gasteiger partial charge is 0.354 e. The molecule has 142 valence electrons. The van der Waals surface area contributed by atoms with Crippen LogP contribution in [0.1, 0.15) is 5.69 Å². The maximum absolute atomic E-state index is 5.45. The fraction of sp³-hybridized carbons (Fsp3) is 0.250. The topological polar surface area (TPSA) is 63.2 Å². The second kappa shape index (κ2) is 7.37. The van der Waals surface area contributed by atoms with Crippen LogP contribution in [0.2, 0.25) is 0 Å². The van der Waals surface area contributed by atoms with E-state index in [1.54, 1.807) is 0 Å². The maximum atomic E-state index is 5.45. The first-order valence-electron chi connectivity index (χ1n) is 9.25. The number of piperazine rings is 1. The van der Waals surface area contributed by atoms with Crippen LogP contribution in [-0.2, 0) is 6.54 Å². The molecule has 0 amide bonds. The Morgan fingerprint density at radius 3 is 2.57 bits per heavy atom. The molecule has 8 heteroatoms. The minimum atomic E-state index is 0.796. The molecule has 2 aromatic carbocycles. The van der Waals surface area contributed by atoms with Crippen molar-refractivity contribution in [1.29, 1.82) is 0 Å². The molecule has 0 spiro atoms. The number of benzene rings is 2. The molecule has 0 aliphatic carbocycles. The summed E-state index contributed by atoms with van der Waals surface area (Å²) in [6.45, 7) is 4.53. The number of hydrogen-bond donors (Lipinski definition) is 0. The average Bonchev–Trinajstić information content (AvgIpc) is 3.36. The van der Waals surface area contributed by atoms with Crippen molar-refractivity contribution in [3.8, 4) is 5.69 Å². The SMILES string of the molecule is Brc1ccc(-n2cc(CN3CCN(c4noc5ccccc45)CC3)nn2)cc1. The molecule has 1 aliphatic heterocycles. The Labute approximate surface area is 170 Å². The van der Waals surface area contributed by atoms with E-state index in [1.165, 1.54) is 0 Å². The van der Waals surface area contributed by atoms with E-state index >= 15 is 0 Å². The lowest BCUT2D eigenvalue weighted by Gasteiger charge is -2.34. The van der Waals surface area contributed by atoms with Gasteiger partial charge in [0.05, 0.1) is 23.0 Å². The van der Waals surface area contributed by atoms with E-state index in [9.17, 15) is 0 Å². The monoisotopic (exact) mass is 438 g/mol. The highest BCUT2D eigenvalue weighted by molar-refractivity contribution is 9.10. The van der Waals surface area contributed by atoms with Gasteiger partial charge in [-0.25, -0.2) is 4.68 Å². The Hall–Kier alpha value is -2.71. The zero-order chi connectivity index (χ0) is 18.9. The van der Waals surface area contributed by atoms with E-state index in [2.05, 4.69) is 47.3 Å². The summed E-state index contributed by atoms with van der Waals surface area (Å²) in [5.74, 6) is 0.941. The van der Waals surface area contributed by atoms with Gasteiger partial charge in [-0.05, 0) is 36.4 Å². The van der Waals surface area contributed by atoms with Gasteiger partial charge in [-0.3, -0.25) is 4.90 Å². The highest BCUT2D eigenvalue weighted by atomic mass is 79.9. The molecule has 28 heavy (non-hydrogen) atoms. The molecule has 1 fully saturated rings. The second-order valence-electron chi connectivity index (χ2n) is 6.90. The van der Waals surface area contributed by atoms with E-state index in [0.29, 0.717) is 0 Å². The number of halogens is 1. The molecule has 0 bridgehead atoms. The lowest BCUT2D eigenvalue weighted by Crippen LogP contribution is -2.46. The molecular formula is C20H19BrN6O. The molecule has 5 rings (SSSR count). The molecule has 0 unspecified atom stereocenters. The van der Waals surface area contributed by atoms with Crippen LogP contribution in [0.4, 0.5) is 5.82 Å². The smallest absolute Gasteiger partial charge is 0.180 e. The summed E-state index contributed by atoms with van der Waals surface area (Å²) in [7, 11) is 0. The van der Waals surface area contributed by atoms with E-state index in [1.807, 2.05) is 53.3 Å². The van der Waals surface area contributed by atoms with Crippen molar-refractivity contribution in [2.24, 2.45) is 0 Å². The summed E-state index contributed by atoms with van der Waals surface area (Å²) in [6.07, 6.45) is 2.00. The van der Waals surface area contributed by atoms with Crippen molar-refractivity contribution in [3.63, 3.8) is 0 Å². The molecule has 1 saturated heterocycles. The van der Waals surface area contributed by atoms with Gasteiger partial charge in [-0.15, -0.1) is 5.10 Å². The number of hydrogen-bond acceptors (Lipinski definition) is 6.